The van der Waals surface area contributed by atoms with Gasteiger partial charge < -0.3 is 26.0 Å². The summed E-state index contributed by atoms with van der Waals surface area (Å²) in [7, 11) is 0. The monoisotopic (exact) mass is 709 g/mol. The Bertz CT molecular complexity index is 2830. The summed E-state index contributed by atoms with van der Waals surface area (Å²) in [5, 5.41) is 26.1. The lowest BCUT2D eigenvalue weighted by molar-refractivity contribution is 1.18. The zero-order valence-electron chi connectivity index (χ0n) is 29.7. The summed E-state index contributed by atoms with van der Waals surface area (Å²) in [6.07, 6.45) is 4.56. The number of hydrogen-bond acceptors (Lipinski definition) is 6. The summed E-state index contributed by atoms with van der Waals surface area (Å²) >= 11 is 0. The standard InChI is InChI=1S/C48H35N7/c49-29-36-27-34(21-24-42(36)53-45-31-51-46(32-13-5-1-6-14-32)47(54-45)33-15-7-2-8-16-33)35-22-26-44-40(28-35)39-23-25-43(52-37-17-9-3-10-18-37)41(30-50)48(39)55(44)38-19-11-4-12-20-38/h1-31,49-50,52H,(H,53,54). The minimum atomic E-state index is 0.590. The van der Waals surface area contributed by atoms with Crippen molar-refractivity contribution in [3.05, 3.63) is 187 Å². The smallest absolute Gasteiger partial charge is 0.149 e. The molecule has 0 bridgehead atoms. The number of fused-ring (bicyclic) bond motifs is 3. The lowest BCUT2D eigenvalue weighted by Crippen LogP contribution is -2.01. The fraction of sp³-hybridized carbons (Fsp3) is 0. The predicted octanol–water partition coefficient (Wildman–Crippen LogP) is 12.1. The molecule has 7 heteroatoms. The Morgan fingerprint density at radius 2 is 1.13 bits per heavy atom. The summed E-state index contributed by atoms with van der Waals surface area (Å²) in [4.78, 5) is 9.89. The van der Waals surface area contributed by atoms with Gasteiger partial charge >= 0.3 is 0 Å². The molecule has 9 rings (SSSR count). The van der Waals surface area contributed by atoms with Crippen LogP contribution >= 0.6 is 0 Å². The summed E-state index contributed by atoms with van der Waals surface area (Å²) in [5.41, 5.74) is 12.7. The van der Waals surface area contributed by atoms with Crippen molar-refractivity contribution in [3.8, 4) is 39.3 Å². The molecule has 0 aliphatic rings. The van der Waals surface area contributed by atoms with Crippen LogP contribution in [0.5, 0.6) is 0 Å². The third kappa shape index (κ3) is 6.30. The number of anilines is 4. The molecule has 0 saturated heterocycles. The van der Waals surface area contributed by atoms with E-state index in [0.717, 1.165) is 89.3 Å². The Morgan fingerprint density at radius 3 is 1.82 bits per heavy atom. The molecule has 0 unspecified atom stereocenters. The van der Waals surface area contributed by atoms with Crippen molar-refractivity contribution in [1.82, 2.24) is 14.5 Å². The maximum Gasteiger partial charge on any atom is 0.149 e. The van der Waals surface area contributed by atoms with Gasteiger partial charge in [-0.15, -0.1) is 0 Å². The van der Waals surface area contributed by atoms with Crippen molar-refractivity contribution in [3.63, 3.8) is 0 Å². The summed E-state index contributed by atoms with van der Waals surface area (Å²) in [6.45, 7) is 0. The lowest BCUT2D eigenvalue weighted by atomic mass is 9.99. The molecule has 0 atom stereocenters. The summed E-state index contributed by atoms with van der Waals surface area (Å²) < 4.78 is 2.24. The van der Waals surface area contributed by atoms with Gasteiger partial charge in [0.25, 0.3) is 0 Å². The van der Waals surface area contributed by atoms with Crippen LogP contribution in [0, 0.1) is 10.8 Å². The highest BCUT2D eigenvalue weighted by atomic mass is 15.0. The fourth-order valence-electron chi connectivity index (χ4n) is 7.26. The van der Waals surface area contributed by atoms with E-state index in [1.165, 1.54) is 12.4 Å². The fourth-order valence-corrected chi connectivity index (χ4v) is 7.26. The molecule has 0 aliphatic heterocycles. The Labute approximate surface area is 318 Å². The maximum absolute atomic E-state index is 8.58. The minimum Gasteiger partial charge on any atom is -0.355 e. The van der Waals surface area contributed by atoms with Crippen LogP contribution < -0.4 is 10.6 Å². The molecule has 0 aliphatic carbocycles. The molecule has 7 nitrogen and oxygen atoms in total. The first-order valence-corrected chi connectivity index (χ1v) is 18.1. The molecule has 0 saturated carbocycles. The first kappa shape index (κ1) is 33.2. The Morgan fingerprint density at radius 1 is 0.509 bits per heavy atom. The number of benzene rings is 7. The number of nitrogens with one attached hydrogen (secondary N) is 4. The van der Waals surface area contributed by atoms with Crippen LogP contribution in [0.3, 0.4) is 0 Å². The molecular weight excluding hydrogens is 675 g/mol. The van der Waals surface area contributed by atoms with Crippen LogP contribution in [0.2, 0.25) is 0 Å². The molecule has 7 aromatic carbocycles. The van der Waals surface area contributed by atoms with Gasteiger partial charge in [-0.2, -0.15) is 0 Å². The molecule has 4 N–H and O–H groups in total. The number of aromatic nitrogens is 3. The third-order valence-corrected chi connectivity index (χ3v) is 9.85. The normalized spacial score (nSPS) is 11.1. The quantitative estimate of drug-likeness (QED) is 0.106. The van der Waals surface area contributed by atoms with Crippen LogP contribution in [0.25, 0.3) is 61.1 Å². The van der Waals surface area contributed by atoms with Crippen molar-refractivity contribution in [2.45, 2.75) is 0 Å². The molecule has 262 valence electrons. The second-order valence-electron chi connectivity index (χ2n) is 13.2. The Kier molecular flexibility index (Phi) is 8.70. The van der Waals surface area contributed by atoms with Gasteiger partial charge in [0, 0.05) is 68.2 Å². The van der Waals surface area contributed by atoms with E-state index in [1.807, 2.05) is 121 Å². The van der Waals surface area contributed by atoms with E-state index in [9.17, 15) is 0 Å². The van der Waals surface area contributed by atoms with E-state index in [4.69, 9.17) is 20.8 Å². The van der Waals surface area contributed by atoms with E-state index >= 15 is 0 Å². The number of hydrogen-bond donors (Lipinski definition) is 4. The van der Waals surface area contributed by atoms with Gasteiger partial charge in [-0.25, -0.2) is 4.98 Å². The van der Waals surface area contributed by atoms with Crippen LogP contribution in [0.4, 0.5) is 22.9 Å². The highest BCUT2D eigenvalue weighted by Crippen LogP contribution is 2.39. The van der Waals surface area contributed by atoms with Crippen molar-refractivity contribution < 1.29 is 0 Å². The largest absolute Gasteiger partial charge is 0.355 e. The van der Waals surface area contributed by atoms with Gasteiger partial charge in [0.05, 0.1) is 28.6 Å². The Hall–Kier alpha value is -7.64. The number of rotatable bonds is 10. The van der Waals surface area contributed by atoms with Crippen LogP contribution in [-0.4, -0.2) is 27.0 Å². The first-order chi connectivity index (χ1) is 27.2. The van der Waals surface area contributed by atoms with Gasteiger partial charge in [0.2, 0.25) is 0 Å². The van der Waals surface area contributed by atoms with Crippen molar-refractivity contribution in [2.75, 3.05) is 10.6 Å². The first-order valence-electron chi connectivity index (χ1n) is 18.1. The zero-order valence-corrected chi connectivity index (χ0v) is 29.7. The molecule has 2 aromatic heterocycles. The highest BCUT2D eigenvalue weighted by molar-refractivity contribution is 6.17. The van der Waals surface area contributed by atoms with Gasteiger partial charge in [0.15, 0.2) is 0 Å². The topological polar surface area (TPSA) is 102 Å². The van der Waals surface area contributed by atoms with E-state index in [2.05, 4.69) is 63.7 Å². The van der Waals surface area contributed by atoms with Gasteiger partial charge in [-0.05, 0) is 65.7 Å². The molecule has 9 aromatic rings. The van der Waals surface area contributed by atoms with E-state index in [0.29, 0.717) is 5.82 Å². The molecule has 0 spiro atoms. The molecule has 2 heterocycles. The van der Waals surface area contributed by atoms with Gasteiger partial charge in [0.1, 0.15) is 5.82 Å². The summed E-state index contributed by atoms with van der Waals surface area (Å²) in [6, 6.07) is 57.3. The summed E-state index contributed by atoms with van der Waals surface area (Å²) in [5.74, 6) is 0.590. The average Bonchev–Trinajstić information content (AvgIpc) is 3.58. The second-order valence-corrected chi connectivity index (χ2v) is 13.2. The second kappa shape index (κ2) is 14.4. The minimum absolute atomic E-state index is 0.590. The third-order valence-electron chi connectivity index (χ3n) is 9.85. The lowest BCUT2D eigenvalue weighted by Gasteiger charge is -2.14. The number of para-hydroxylation sites is 2. The van der Waals surface area contributed by atoms with E-state index in [1.54, 1.807) is 6.20 Å². The van der Waals surface area contributed by atoms with E-state index in [-0.39, 0.29) is 0 Å². The maximum atomic E-state index is 8.58. The molecule has 55 heavy (non-hydrogen) atoms. The van der Waals surface area contributed by atoms with Crippen LogP contribution in [0.1, 0.15) is 11.1 Å². The number of nitrogens with zero attached hydrogens (tertiary/aromatic N) is 3. The molecule has 0 amide bonds. The van der Waals surface area contributed by atoms with Crippen LogP contribution in [-0.2, 0) is 0 Å². The van der Waals surface area contributed by atoms with Crippen molar-refractivity contribution >= 4 is 57.1 Å². The Balaban J connectivity index is 1.11. The zero-order chi connectivity index (χ0) is 37.1. The molecule has 0 fully saturated rings. The van der Waals surface area contributed by atoms with E-state index < -0.39 is 0 Å². The van der Waals surface area contributed by atoms with Gasteiger partial charge in [-0.3, -0.25) is 4.98 Å². The SMILES string of the molecule is N=Cc1cc(-c2ccc3c(c2)c2ccc(Nc4ccccc4)c(C=N)c2n3-c2ccccc2)ccc1Nc1cnc(-c2ccccc2)c(-c2ccccc2)n1. The van der Waals surface area contributed by atoms with Crippen LogP contribution in [0.15, 0.2) is 176 Å². The van der Waals surface area contributed by atoms with Crippen molar-refractivity contribution in [2.24, 2.45) is 0 Å². The molecule has 0 radical (unpaired) electrons. The van der Waals surface area contributed by atoms with Gasteiger partial charge in [-0.1, -0.05) is 115 Å². The predicted molar refractivity (Wildman–Crippen MR) is 228 cm³/mol. The average molecular weight is 710 g/mol. The highest BCUT2D eigenvalue weighted by Gasteiger charge is 2.19. The van der Waals surface area contributed by atoms with Crippen molar-refractivity contribution in [1.29, 1.82) is 10.8 Å². The molecular formula is C48H35N7.